The number of hydrogen-bond donors (Lipinski definition) is 2. The fourth-order valence-corrected chi connectivity index (χ4v) is 4.24. The van der Waals surface area contributed by atoms with Gasteiger partial charge < -0.3 is 33.9 Å². The van der Waals surface area contributed by atoms with Crippen LogP contribution in [0, 0.1) is 0 Å². The molecule has 1 fully saturated rings. The molecule has 2 atom stereocenters. The number of amides is 1. The summed E-state index contributed by atoms with van der Waals surface area (Å²) in [5, 5.41) is 17.3. The van der Waals surface area contributed by atoms with Crippen LogP contribution in [0.25, 0.3) is 0 Å². The van der Waals surface area contributed by atoms with Gasteiger partial charge in [0, 0.05) is 12.2 Å². The Hall–Kier alpha value is -4.31. The first-order valence-corrected chi connectivity index (χ1v) is 11.8. The van der Waals surface area contributed by atoms with Crippen molar-refractivity contribution in [3.05, 3.63) is 87.8 Å². The van der Waals surface area contributed by atoms with Crippen LogP contribution in [0.2, 0.25) is 0 Å². The van der Waals surface area contributed by atoms with E-state index >= 15 is 0 Å². The van der Waals surface area contributed by atoms with Crippen molar-refractivity contribution >= 4 is 12.4 Å². The quantitative estimate of drug-likeness (QED) is 0.384. The summed E-state index contributed by atoms with van der Waals surface area (Å²) >= 11 is 0. The highest BCUT2D eigenvalue weighted by molar-refractivity contribution is 5.96. The third-order valence-electron chi connectivity index (χ3n) is 6.12. The summed E-state index contributed by atoms with van der Waals surface area (Å²) < 4.78 is 18.1. The second kappa shape index (κ2) is 11.6. The van der Waals surface area contributed by atoms with Crippen molar-refractivity contribution in [2.45, 2.75) is 45.4 Å². The largest absolute Gasteiger partial charge is 0.508 e. The van der Waals surface area contributed by atoms with E-state index in [2.05, 4.69) is 0 Å². The fourth-order valence-electron chi connectivity index (χ4n) is 4.24. The van der Waals surface area contributed by atoms with E-state index in [0.717, 1.165) is 12.0 Å². The molecule has 5 rings (SSSR count). The van der Waals surface area contributed by atoms with Crippen LogP contribution in [-0.4, -0.2) is 50.9 Å². The molecule has 1 aromatic heterocycles. The molecule has 10 nitrogen and oxygen atoms in total. The normalized spacial score (nSPS) is 18.1. The second-order valence-electron chi connectivity index (χ2n) is 8.69. The van der Waals surface area contributed by atoms with Gasteiger partial charge in [-0.25, -0.2) is 0 Å². The highest BCUT2D eigenvalue weighted by Gasteiger charge is 2.41. The Kier molecular flexibility index (Phi) is 8.09. The molecule has 194 valence electrons. The Morgan fingerprint density at radius 2 is 1.70 bits per heavy atom. The topological polar surface area (TPSA) is 128 Å². The van der Waals surface area contributed by atoms with Gasteiger partial charge in [0.15, 0.2) is 17.7 Å². The van der Waals surface area contributed by atoms with E-state index in [1.54, 1.807) is 15.7 Å². The molecule has 1 amide bonds. The van der Waals surface area contributed by atoms with Gasteiger partial charge in [0.25, 0.3) is 12.4 Å². The van der Waals surface area contributed by atoms with Crippen LogP contribution in [0.5, 0.6) is 17.2 Å². The molecule has 10 heteroatoms. The zero-order chi connectivity index (χ0) is 26.4. The standard InChI is InChI=1S/C21H22N2O6.C6H6O2/c1-14-7-8-28-17-10-22-9-16(12-27-13-24)19(25)20(18(22)21(26)23(14)17)29-11-15-5-3-2-4-6-15;7-5-1-2-6(8)4-3-5/h2-6,9,13-14,17H,7-8,10-12H2,1H3;1-4,7-8H/t14-,17+;/m1./s1. The van der Waals surface area contributed by atoms with Crippen LogP contribution < -0.4 is 10.2 Å². The van der Waals surface area contributed by atoms with Gasteiger partial charge in [0.2, 0.25) is 5.43 Å². The molecule has 2 aliphatic rings. The van der Waals surface area contributed by atoms with Crippen molar-refractivity contribution < 1.29 is 34.0 Å². The van der Waals surface area contributed by atoms with Gasteiger partial charge >= 0.3 is 0 Å². The van der Waals surface area contributed by atoms with Gasteiger partial charge in [0.1, 0.15) is 24.7 Å². The van der Waals surface area contributed by atoms with Gasteiger partial charge in [-0.2, -0.15) is 0 Å². The first-order valence-electron chi connectivity index (χ1n) is 11.8. The molecule has 0 unspecified atom stereocenters. The molecule has 2 N–H and O–H groups in total. The minimum absolute atomic E-state index is 0.00477. The smallest absolute Gasteiger partial charge is 0.293 e. The van der Waals surface area contributed by atoms with E-state index in [9.17, 15) is 14.4 Å². The lowest BCUT2D eigenvalue weighted by atomic mass is 10.1. The predicted molar refractivity (Wildman–Crippen MR) is 132 cm³/mol. The molecule has 0 saturated carbocycles. The number of aromatic hydroxyl groups is 2. The summed E-state index contributed by atoms with van der Waals surface area (Å²) in [4.78, 5) is 38.6. The van der Waals surface area contributed by atoms with E-state index in [4.69, 9.17) is 24.4 Å². The van der Waals surface area contributed by atoms with Gasteiger partial charge in [-0.15, -0.1) is 0 Å². The van der Waals surface area contributed by atoms with Gasteiger partial charge in [-0.1, -0.05) is 30.3 Å². The minimum atomic E-state index is -0.452. The van der Waals surface area contributed by atoms with Crippen LogP contribution in [0.1, 0.15) is 35.0 Å². The van der Waals surface area contributed by atoms with Crippen molar-refractivity contribution in [2.24, 2.45) is 0 Å². The minimum Gasteiger partial charge on any atom is -0.508 e. The molecule has 3 heterocycles. The molecule has 1 saturated heterocycles. The molecular weight excluding hydrogens is 480 g/mol. The van der Waals surface area contributed by atoms with E-state index in [0.29, 0.717) is 13.2 Å². The Bertz CT molecular complexity index is 1270. The lowest BCUT2D eigenvalue weighted by Gasteiger charge is -2.44. The molecule has 0 spiro atoms. The number of benzene rings is 2. The molecule has 3 aromatic rings. The summed E-state index contributed by atoms with van der Waals surface area (Å²) in [5.41, 5.74) is 0.866. The number of pyridine rings is 1. The summed E-state index contributed by atoms with van der Waals surface area (Å²) in [6.45, 7) is 3.16. The number of carbonyl (C=O) groups is 2. The van der Waals surface area contributed by atoms with Crippen LogP contribution in [0.3, 0.4) is 0 Å². The summed E-state index contributed by atoms with van der Waals surface area (Å²) in [5.74, 6) is 0.0177. The second-order valence-corrected chi connectivity index (χ2v) is 8.69. The van der Waals surface area contributed by atoms with Crippen molar-refractivity contribution in [2.75, 3.05) is 6.61 Å². The lowest BCUT2D eigenvalue weighted by molar-refractivity contribution is -0.129. The SMILES string of the molecule is C[C@@H]1CCO[C@H]2Cn3cc(COC=O)c(=O)c(OCc4ccccc4)c3C(=O)N12.Oc1ccc(O)cc1. The Morgan fingerprint density at radius 1 is 1.03 bits per heavy atom. The Morgan fingerprint density at radius 3 is 2.35 bits per heavy atom. The van der Waals surface area contributed by atoms with Crippen molar-refractivity contribution in [1.29, 1.82) is 0 Å². The fraction of sp³-hybridized carbons (Fsp3) is 0.296. The zero-order valence-corrected chi connectivity index (χ0v) is 20.3. The third kappa shape index (κ3) is 5.92. The maximum atomic E-state index is 13.3. The number of phenolic OH excluding ortho intramolecular Hbond substituents is 2. The molecule has 37 heavy (non-hydrogen) atoms. The van der Waals surface area contributed by atoms with Gasteiger partial charge in [-0.05, 0) is 43.2 Å². The summed E-state index contributed by atoms with van der Waals surface area (Å²) in [7, 11) is 0. The Labute approximate surface area is 213 Å². The molecule has 2 aromatic carbocycles. The Balaban J connectivity index is 0.000000342. The summed E-state index contributed by atoms with van der Waals surface area (Å²) in [6.07, 6.45) is 1.88. The number of ether oxygens (including phenoxy) is 3. The van der Waals surface area contributed by atoms with Crippen molar-refractivity contribution in [3.63, 3.8) is 0 Å². The maximum Gasteiger partial charge on any atom is 0.293 e. The molecular formula is C27H28N2O8. The van der Waals surface area contributed by atoms with Gasteiger partial charge in [0.05, 0.1) is 18.7 Å². The van der Waals surface area contributed by atoms with Crippen LogP contribution in [-0.2, 0) is 34.0 Å². The lowest BCUT2D eigenvalue weighted by Crippen LogP contribution is -2.57. The monoisotopic (exact) mass is 508 g/mol. The van der Waals surface area contributed by atoms with E-state index in [-0.39, 0.29) is 60.1 Å². The first kappa shape index (κ1) is 25.8. The van der Waals surface area contributed by atoms with Gasteiger partial charge in [-0.3, -0.25) is 14.4 Å². The maximum absolute atomic E-state index is 13.3. The van der Waals surface area contributed by atoms with E-state index in [1.165, 1.54) is 24.3 Å². The molecule has 2 aliphatic heterocycles. The van der Waals surface area contributed by atoms with Crippen LogP contribution in [0.4, 0.5) is 0 Å². The highest BCUT2D eigenvalue weighted by Crippen LogP contribution is 2.30. The number of fused-ring (bicyclic) bond motifs is 2. The van der Waals surface area contributed by atoms with Crippen molar-refractivity contribution in [3.8, 4) is 17.2 Å². The number of hydrogen-bond acceptors (Lipinski definition) is 8. The summed E-state index contributed by atoms with van der Waals surface area (Å²) in [6, 6.07) is 15.1. The number of aromatic nitrogens is 1. The molecule has 0 bridgehead atoms. The predicted octanol–water partition coefficient (Wildman–Crippen LogP) is 2.79. The number of phenols is 2. The number of rotatable bonds is 6. The average Bonchev–Trinajstić information content (AvgIpc) is 2.90. The van der Waals surface area contributed by atoms with Crippen molar-refractivity contribution in [1.82, 2.24) is 9.47 Å². The average molecular weight is 509 g/mol. The molecule has 0 radical (unpaired) electrons. The first-order chi connectivity index (χ1) is 17.9. The van der Waals surface area contributed by atoms with E-state index in [1.807, 2.05) is 37.3 Å². The number of carbonyl (C=O) groups excluding carboxylic acids is 2. The van der Waals surface area contributed by atoms with E-state index < -0.39 is 11.7 Å². The zero-order valence-electron chi connectivity index (χ0n) is 20.3. The molecule has 0 aliphatic carbocycles. The highest BCUT2D eigenvalue weighted by atomic mass is 16.5. The number of nitrogens with zero attached hydrogens (tertiary/aromatic N) is 2. The third-order valence-corrected chi connectivity index (χ3v) is 6.12. The van der Waals surface area contributed by atoms with Crippen LogP contribution in [0.15, 0.2) is 65.6 Å². The van der Waals surface area contributed by atoms with Crippen LogP contribution >= 0.6 is 0 Å².